The minimum Gasteiger partial charge on any atom is -0.392 e. The second-order valence-corrected chi connectivity index (χ2v) is 4.44. The van der Waals surface area contributed by atoms with E-state index in [1.165, 1.54) is 0 Å². The van der Waals surface area contributed by atoms with Gasteiger partial charge in [-0.15, -0.1) is 0 Å². The Hall–Kier alpha value is 0.680. The zero-order valence-electron chi connectivity index (χ0n) is 5.44. The Labute approximate surface area is 92.0 Å². The fraction of sp³-hybridized carbons (Fsp3) is 0.143. The smallest absolute Gasteiger partial charge is 0.0692 e. The zero-order valence-corrected chi connectivity index (χ0v) is 9.94. The third kappa shape index (κ3) is 2.31. The molecule has 0 amide bonds. The van der Waals surface area contributed by atoms with E-state index in [9.17, 15) is 0 Å². The van der Waals surface area contributed by atoms with Crippen LogP contribution in [-0.4, -0.2) is 5.11 Å². The van der Waals surface area contributed by atoms with Crippen LogP contribution in [-0.2, 0) is 6.61 Å². The van der Waals surface area contributed by atoms with E-state index in [4.69, 9.17) is 16.7 Å². The summed E-state index contributed by atoms with van der Waals surface area (Å²) in [5.41, 5.74) is 0.891. The maximum Gasteiger partial charge on any atom is 0.0692 e. The first kappa shape index (κ1) is 9.77. The molecule has 1 aromatic carbocycles. The highest BCUT2D eigenvalue weighted by Crippen LogP contribution is 2.27. The summed E-state index contributed by atoms with van der Waals surface area (Å²) in [6.07, 6.45) is 0. The summed E-state index contributed by atoms with van der Waals surface area (Å²) in [6, 6.07) is 3.64. The van der Waals surface area contributed by atoms with Crippen molar-refractivity contribution in [3.05, 3.63) is 30.8 Å². The molecule has 1 nitrogen and oxygen atoms in total. The molecule has 0 heterocycles. The lowest BCUT2D eigenvalue weighted by molar-refractivity contribution is 0.281. The quantitative estimate of drug-likeness (QED) is 0.611. The molecule has 0 aromatic heterocycles. The van der Waals surface area contributed by atoms with Gasteiger partial charge in [0.2, 0.25) is 0 Å². The van der Waals surface area contributed by atoms with Crippen LogP contribution >= 0.6 is 50.1 Å². The fourth-order valence-electron chi connectivity index (χ4n) is 0.685. The molecule has 0 aliphatic rings. The Morgan fingerprint density at radius 2 is 2.18 bits per heavy atom. The van der Waals surface area contributed by atoms with Crippen molar-refractivity contribution in [3.8, 4) is 0 Å². The van der Waals surface area contributed by atoms with Gasteiger partial charge < -0.3 is 5.11 Å². The maximum absolute atomic E-state index is 8.87. The summed E-state index contributed by atoms with van der Waals surface area (Å²) in [5.74, 6) is 0. The number of hydrogen-bond donors (Lipinski definition) is 1. The summed E-state index contributed by atoms with van der Waals surface area (Å²) in [7, 11) is 0. The Bertz CT molecular complexity index is 277. The highest BCUT2D eigenvalue weighted by Gasteiger charge is 2.02. The van der Waals surface area contributed by atoms with E-state index in [2.05, 4.69) is 38.5 Å². The molecule has 0 fully saturated rings. The number of benzene rings is 1. The third-order valence-electron chi connectivity index (χ3n) is 1.26. The fourth-order valence-corrected chi connectivity index (χ4v) is 2.06. The van der Waals surface area contributed by atoms with E-state index < -0.39 is 0 Å². The van der Waals surface area contributed by atoms with E-state index >= 15 is 0 Å². The van der Waals surface area contributed by atoms with Crippen LogP contribution in [0.1, 0.15) is 5.56 Å². The largest absolute Gasteiger partial charge is 0.392 e. The molecule has 1 N–H and O–H groups in total. The summed E-state index contributed by atoms with van der Waals surface area (Å²) in [4.78, 5) is 0. The molecule has 0 aliphatic carbocycles. The molecule has 0 radical (unpaired) electrons. The molecule has 0 saturated heterocycles. The van der Waals surface area contributed by atoms with Gasteiger partial charge in [-0.2, -0.15) is 0 Å². The molecule has 1 rings (SSSR count). The van der Waals surface area contributed by atoms with Crippen LogP contribution in [0.15, 0.2) is 16.6 Å². The van der Waals surface area contributed by atoms with Gasteiger partial charge in [0.15, 0.2) is 0 Å². The summed E-state index contributed by atoms with van der Waals surface area (Å²) in [6.45, 7) is 0.0496. The normalized spacial score (nSPS) is 10.2. The van der Waals surface area contributed by atoms with Crippen LogP contribution in [0.2, 0.25) is 5.02 Å². The first-order chi connectivity index (χ1) is 5.15. The topological polar surface area (TPSA) is 20.2 Å². The summed E-state index contributed by atoms with van der Waals surface area (Å²) < 4.78 is 1.81. The third-order valence-corrected chi connectivity index (χ3v) is 3.46. The van der Waals surface area contributed by atoms with Crippen LogP contribution in [0.25, 0.3) is 0 Å². The van der Waals surface area contributed by atoms with Gasteiger partial charge in [0.25, 0.3) is 0 Å². The number of rotatable bonds is 1. The molecule has 0 atom stereocenters. The van der Waals surface area contributed by atoms with Crippen molar-refractivity contribution >= 4 is 50.1 Å². The zero-order chi connectivity index (χ0) is 8.43. The average molecular weight is 347 g/mol. The summed E-state index contributed by atoms with van der Waals surface area (Å²) >= 11 is 11.2. The molecular formula is C7H5BrClIO. The lowest BCUT2D eigenvalue weighted by Crippen LogP contribution is -1.88. The van der Waals surface area contributed by atoms with Crippen molar-refractivity contribution in [1.82, 2.24) is 0 Å². The summed E-state index contributed by atoms with van der Waals surface area (Å²) in [5, 5.41) is 9.54. The van der Waals surface area contributed by atoms with Gasteiger partial charge in [0.05, 0.1) is 11.6 Å². The molecule has 4 heteroatoms. The highest BCUT2D eigenvalue weighted by atomic mass is 127. The Morgan fingerprint density at radius 1 is 1.55 bits per heavy atom. The SMILES string of the molecule is OCc1cc(Br)c(Cl)cc1I. The molecule has 0 spiro atoms. The van der Waals surface area contributed by atoms with Crippen LogP contribution in [0.3, 0.4) is 0 Å². The Kier molecular flexibility index (Phi) is 3.61. The van der Waals surface area contributed by atoms with E-state index in [0.717, 1.165) is 13.6 Å². The lowest BCUT2D eigenvalue weighted by Gasteiger charge is -2.02. The van der Waals surface area contributed by atoms with Crippen molar-refractivity contribution in [1.29, 1.82) is 0 Å². The van der Waals surface area contributed by atoms with E-state index in [-0.39, 0.29) is 6.61 Å². The Morgan fingerprint density at radius 3 is 2.73 bits per heavy atom. The van der Waals surface area contributed by atoms with Gasteiger partial charge in [-0.25, -0.2) is 0 Å². The molecule has 60 valence electrons. The second-order valence-electron chi connectivity index (χ2n) is 2.02. The highest BCUT2D eigenvalue weighted by molar-refractivity contribution is 14.1. The molecular weight excluding hydrogens is 342 g/mol. The second kappa shape index (κ2) is 4.07. The van der Waals surface area contributed by atoms with Crippen molar-refractivity contribution in [2.75, 3.05) is 0 Å². The first-order valence-corrected chi connectivity index (χ1v) is 5.14. The van der Waals surface area contributed by atoms with Gasteiger partial charge in [-0.3, -0.25) is 0 Å². The molecule has 1 aromatic rings. The van der Waals surface area contributed by atoms with Gasteiger partial charge in [0, 0.05) is 8.04 Å². The molecule has 0 saturated carbocycles. The molecule has 11 heavy (non-hydrogen) atoms. The van der Waals surface area contributed by atoms with Crippen LogP contribution < -0.4 is 0 Å². The predicted octanol–water partition coefficient (Wildman–Crippen LogP) is 3.20. The average Bonchev–Trinajstić information content (AvgIpc) is 1.97. The van der Waals surface area contributed by atoms with Crippen molar-refractivity contribution in [2.24, 2.45) is 0 Å². The molecule has 0 bridgehead atoms. The number of aliphatic hydroxyl groups excluding tert-OH is 1. The monoisotopic (exact) mass is 346 g/mol. The van der Waals surface area contributed by atoms with Crippen LogP contribution in [0, 0.1) is 3.57 Å². The van der Waals surface area contributed by atoms with E-state index in [1.54, 1.807) is 0 Å². The number of hydrogen-bond acceptors (Lipinski definition) is 1. The van der Waals surface area contributed by atoms with Crippen molar-refractivity contribution < 1.29 is 5.11 Å². The lowest BCUT2D eigenvalue weighted by atomic mass is 10.2. The maximum atomic E-state index is 8.87. The Balaban J connectivity index is 3.21. The van der Waals surface area contributed by atoms with Crippen LogP contribution in [0.5, 0.6) is 0 Å². The van der Waals surface area contributed by atoms with Crippen molar-refractivity contribution in [2.45, 2.75) is 6.61 Å². The van der Waals surface area contributed by atoms with E-state index in [0.29, 0.717) is 5.02 Å². The van der Waals surface area contributed by atoms with Gasteiger partial charge in [-0.05, 0) is 56.2 Å². The predicted molar refractivity (Wildman–Crippen MR) is 57.8 cm³/mol. The van der Waals surface area contributed by atoms with Gasteiger partial charge in [0.1, 0.15) is 0 Å². The first-order valence-electron chi connectivity index (χ1n) is 2.89. The van der Waals surface area contributed by atoms with E-state index in [1.807, 2.05) is 12.1 Å². The minimum absolute atomic E-state index is 0.0496. The van der Waals surface area contributed by atoms with Crippen molar-refractivity contribution in [3.63, 3.8) is 0 Å². The van der Waals surface area contributed by atoms with Crippen LogP contribution in [0.4, 0.5) is 0 Å². The van der Waals surface area contributed by atoms with Gasteiger partial charge >= 0.3 is 0 Å². The molecule has 0 aliphatic heterocycles. The van der Waals surface area contributed by atoms with Gasteiger partial charge in [-0.1, -0.05) is 11.6 Å². The number of halogens is 3. The minimum atomic E-state index is 0.0496. The molecule has 0 unspecified atom stereocenters. The number of aliphatic hydroxyl groups is 1. The standard InChI is InChI=1S/C7H5BrClIO/c8-5-1-4(3-11)7(10)2-6(5)9/h1-2,11H,3H2.